The molecule has 0 unspecified atom stereocenters. The van der Waals surface area contributed by atoms with Crippen LogP contribution in [0, 0.1) is 0 Å². The standard InChI is InChI=1S/C15H28N2O3/c1-11-8-17(9-12(2)20-11)15(3,4)10-16-14(18)13-6-5-7-19-13/h11-13H,5-10H2,1-4H3,(H,16,18)/t11-,12-,13+/m1/s1. The molecule has 116 valence electrons. The van der Waals surface area contributed by atoms with Gasteiger partial charge in [-0.05, 0) is 40.5 Å². The minimum absolute atomic E-state index is 0.0323. The van der Waals surface area contributed by atoms with Gasteiger partial charge in [-0.3, -0.25) is 9.69 Å². The quantitative estimate of drug-likeness (QED) is 0.842. The predicted molar refractivity (Wildman–Crippen MR) is 77.6 cm³/mol. The molecule has 0 bridgehead atoms. The second-order valence-corrected chi connectivity index (χ2v) is 6.69. The highest BCUT2D eigenvalue weighted by Gasteiger charge is 2.34. The molecular formula is C15H28N2O3. The minimum Gasteiger partial charge on any atom is -0.373 e. The van der Waals surface area contributed by atoms with Gasteiger partial charge in [0.25, 0.3) is 0 Å². The van der Waals surface area contributed by atoms with Gasteiger partial charge >= 0.3 is 0 Å². The average Bonchev–Trinajstić information content (AvgIpc) is 2.88. The Morgan fingerprint density at radius 1 is 1.30 bits per heavy atom. The molecule has 2 aliphatic heterocycles. The first kappa shape index (κ1) is 15.7. The van der Waals surface area contributed by atoms with Gasteiger partial charge in [-0.2, -0.15) is 0 Å². The van der Waals surface area contributed by atoms with Gasteiger partial charge in [0.1, 0.15) is 6.10 Å². The van der Waals surface area contributed by atoms with E-state index in [4.69, 9.17) is 9.47 Å². The third-order valence-corrected chi connectivity index (χ3v) is 4.19. The highest BCUT2D eigenvalue weighted by Crippen LogP contribution is 2.21. The van der Waals surface area contributed by atoms with E-state index in [9.17, 15) is 4.79 Å². The maximum absolute atomic E-state index is 12.0. The Kier molecular flexibility index (Phi) is 5.04. The van der Waals surface area contributed by atoms with Gasteiger partial charge in [-0.25, -0.2) is 0 Å². The van der Waals surface area contributed by atoms with E-state index in [1.54, 1.807) is 0 Å². The Bertz CT molecular complexity index is 330. The van der Waals surface area contributed by atoms with Gasteiger partial charge in [0.2, 0.25) is 5.91 Å². The first-order valence-corrected chi connectivity index (χ1v) is 7.68. The first-order chi connectivity index (χ1) is 9.38. The molecule has 0 saturated carbocycles. The molecule has 0 aliphatic carbocycles. The minimum atomic E-state index is -0.242. The smallest absolute Gasteiger partial charge is 0.249 e. The van der Waals surface area contributed by atoms with Crippen molar-refractivity contribution in [2.75, 3.05) is 26.2 Å². The summed E-state index contributed by atoms with van der Waals surface area (Å²) in [6, 6.07) is 0. The molecule has 5 heteroatoms. The summed E-state index contributed by atoms with van der Waals surface area (Å²) in [5.74, 6) is 0.0323. The summed E-state index contributed by atoms with van der Waals surface area (Å²) in [6.45, 7) is 11.7. The maximum atomic E-state index is 12.0. The summed E-state index contributed by atoms with van der Waals surface area (Å²) in [7, 11) is 0. The number of hydrogen-bond donors (Lipinski definition) is 1. The lowest BCUT2D eigenvalue weighted by Gasteiger charge is -2.45. The van der Waals surface area contributed by atoms with Crippen LogP contribution in [0.4, 0.5) is 0 Å². The molecule has 2 aliphatic rings. The van der Waals surface area contributed by atoms with Crippen molar-refractivity contribution in [3.8, 4) is 0 Å². The Morgan fingerprint density at radius 3 is 2.50 bits per heavy atom. The van der Waals surface area contributed by atoms with Crippen LogP contribution in [0.25, 0.3) is 0 Å². The number of nitrogens with zero attached hydrogens (tertiary/aromatic N) is 1. The van der Waals surface area contributed by atoms with E-state index >= 15 is 0 Å². The molecule has 0 radical (unpaired) electrons. The largest absolute Gasteiger partial charge is 0.373 e. The number of nitrogens with one attached hydrogen (secondary N) is 1. The average molecular weight is 284 g/mol. The monoisotopic (exact) mass is 284 g/mol. The second-order valence-electron chi connectivity index (χ2n) is 6.69. The van der Waals surface area contributed by atoms with Gasteiger partial charge in [-0.15, -0.1) is 0 Å². The zero-order chi connectivity index (χ0) is 14.8. The fraction of sp³-hybridized carbons (Fsp3) is 0.933. The number of amides is 1. The number of hydrogen-bond acceptors (Lipinski definition) is 4. The maximum Gasteiger partial charge on any atom is 0.249 e. The highest BCUT2D eigenvalue weighted by molar-refractivity contribution is 5.81. The molecule has 1 N–H and O–H groups in total. The fourth-order valence-electron chi connectivity index (χ4n) is 2.99. The lowest BCUT2D eigenvalue weighted by molar-refractivity contribution is -0.131. The summed E-state index contributed by atoms with van der Waals surface area (Å²) in [5, 5.41) is 3.05. The summed E-state index contributed by atoms with van der Waals surface area (Å²) >= 11 is 0. The topological polar surface area (TPSA) is 50.8 Å². The van der Waals surface area contributed by atoms with Crippen LogP contribution < -0.4 is 5.32 Å². The predicted octanol–water partition coefficient (Wildman–Crippen LogP) is 1.17. The van der Waals surface area contributed by atoms with E-state index in [2.05, 4.69) is 37.9 Å². The van der Waals surface area contributed by atoms with Crippen LogP contribution in [0.2, 0.25) is 0 Å². The Hall–Kier alpha value is -0.650. The van der Waals surface area contributed by atoms with Crippen molar-refractivity contribution in [3.05, 3.63) is 0 Å². The summed E-state index contributed by atoms with van der Waals surface area (Å²) < 4.78 is 11.2. The van der Waals surface area contributed by atoms with Crippen molar-refractivity contribution in [1.82, 2.24) is 10.2 Å². The van der Waals surface area contributed by atoms with E-state index in [-0.39, 0.29) is 29.8 Å². The summed E-state index contributed by atoms with van der Waals surface area (Å²) in [6.07, 6.45) is 2.07. The molecule has 5 nitrogen and oxygen atoms in total. The van der Waals surface area contributed by atoms with Crippen LogP contribution >= 0.6 is 0 Å². The van der Waals surface area contributed by atoms with Crippen LogP contribution in [0.3, 0.4) is 0 Å². The van der Waals surface area contributed by atoms with Gasteiger partial charge in [0, 0.05) is 31.8 Å². The number of rotatable bonds is 4. The molecule has 0 aromatic carbocycles. The van der Waals surface area contributed by atoms with E-state index in [1.165, 1.54) is 0 Å². The molecule has 0 spiro atoms. The van der Waals surface area contributed by atoms with Crippen molar-refractivity contribution in [3.63, 3.8) is 0 Å². The molecule has 1 amide bonds. The fourth-order valence-corrected chi connectivity index (χ4v) is 2.99. The third kappa shape index (κ3) is 3.93. The van der Waals surface area contributed by atoms with E-state index in [0.29, 0.717) is 13.2 Å². The van der Waals surface area contributed by atoms with Crippen molar-refractivity contribution < 1.29 is 14.3 Å². The van der Waals surface area contributed by atoms with Crippen LogP contribution in [0.5, 0.6) is 0 Å². The number of ether oxygens (including phenoxy) is 2. The van der Waals surface area contributed by atoms with Crippen molar-refractivity contribution in [2.24, 2.45) is 0 Å². The molecule has 2 fully saturated rings. The normalized spacial score (nSPS) is 32.3. The zero-order valence-electron chi connectivity index (χ0n) is 13.1. The van der Waals surface area contributed by atoms with Crippen LogP contribution in [0.1, 0.15) is 40.5 Å². The first-order valence-electron chi connectivity index (χ1n) is 7.68. The Morgan fingerprint density at radius 2 is 1.95 bits per heavy atom. The van der Waals surface area contributed by atoms with Gasteiger partial charge in [0.05, 0.1) is 12.2 Å². The van der Waals surface area contributed by atoms with Crippen LogP contribution in [-0.2, 0) is 14.3 Å². The molecule has 3 atom stereocenters. The van der Waals surface area contributed by atoms with E-state index < -0.39 is 0 Å². The molecule has 20 heavy (non-hydrogen) atoms. The lowest BCUT2D eigenvalue weighted by atomic mass is 10.00. The Balaban J connectivity index is 1.84. The third-order valence-electron chi connectivity index (χ3n) is 4.19. The van der Waals surface area contributed by atoms with E-state index in [1.807, 2.05) is 0 Å². The highest BCUT2D eigenvalue weighted by atomic mass is 16.5. The molecule has 2 rings (SSSR count). The molecular weight excluding hydrogens is 256 g/mol. The Labute approximate surface area is 122 Å². The number of morpholine rings is 1. The number of carbonyl (C=O) groups excluding carboxylic acids is 1. The summed E-state index contributed by atoms with van der Waals surface area (Å²) in [5.41, 5.74) is -0.0689. The summed E-state index contributed by atoms with van der Waals surface area (Å²) in [4.78, 5) is 14.4. The SMILES string of the molecule is C[C@@H]1CN(C(C)(C)CNC(=O)[C@@H]2CCCO2)C[C@@H](C)O1. The van der Waals surface area contributed by atoms with Crippen LogP contribution in [0.15, 0.2) is 0 Å². The van der Waals surface area contributed by atoms with Crippen molar-refractivity contribution in [1.29, 1.82) is 0 Å². The number of carbonyl (C=O) groups is 1. The molecule has 0 aromatic heterocycles. The molecule has 2 saturated heterocycles. The zero-order valence-corrected chi connectivity index (χ0v) is 13.1. The van der Waals surface area contributed by atoms with Gasteiger partial charge in [0.15, 0.2) is 0 Å². The van der Waals surface area contributed by atoms with Gasteiger partial charge in [-0.1, -0.05) is 0 Å². The lowest BCUT2D eigenvalue weighted by Crippen LogP contribution is -2.59. The van der Waals surface area contributed by atoms with Gasteiger partial charge < -0.3 is 14.8 Å². The molecule has 2 heterocycles. The molecule has 0 aromatic rings. The van der Waals surface area contributed by atoms with E-state index in [0.717, 1.165) is 25.9 Å². The second kappa shape index (κ2) is 6.41. The van der Waals surface area contributed by atoms with Crippen molar-refractivity contribution in [2.45, 2.75) is 64.4 Å². The van der Waals surface area contributed by atoms with Crippen LogP contribution in [-0.4, -0.2) is 60.9 Å². The van der Waals surface area contributed by atoms with Crippen molar-refractivity contribution >= 4 is 5.91 Å².